The molecule has 3 aromatic carbocycles. The van der Waals surface area contributed by atoms with Crippen LogP contribution in [-0.2, 0) is 0 Å². The molecule has 109 valence electrons. The summed E-state index contributed by atoms with van der Waals surface area (Å²) in [7, 11) is -0.846. The van der Waals surface area contributed by atoms with E-state index in [4.69, 9.17) is 0 Å². The molecule has 22 heavy (non-hydrogen) atoms. The van der Waals surface area contributed by atoms with Gasteiger partial charge >= 0.3 is 0 Å². The summed E-state index contributed by atoms with van der Waals surface area (Å²) in [5, 5.41) is 2.96. The first-order valence-electron chi connectivity index (χ1n) is 7.80. The average molecular weight is 301 g/mol. The van der Waals surface area contributed by atoms with Gasteiger partial charge in [0.2, 0.25) is 0 Å². The Balaban J connectivity index is 2.06. The van der Waals surface area contributed by atoms with Crippen LogP contribution in [0.15, 0.2) is 84.9 Å². The number of hydrogen-bond donors (Lipinski definition) is 0. The number of rotatable bonds is 4. The highest BCUT2D eigenvalue weighted by Crippen LogP contribution is 2.19. The highest BCUT2D eigenvalue weighted by atomic mass is 28.3. The van der Waals surface area contributed by atoms with Gasteiger partial charge in [-0.1, -0.05) is 108 Å². The predicted octanol–water partition coefficient (Wildman–Crippen LogP) is 3.95. The summed E-state index contributed by atoms with van der Waals surface area (Å²) in [5.74, 6) is 0. The molecule has 0 saturated heterocycles. The van der Waals surface area contributed by atoms with Crippen molar-refractivity contribution in [3.63, 3.8) is 0 Å². The lowest BCUT2D eigenvalue weighted by atomic mass is 10.1. The van der Waals surface area contributed by atoms with E-state index in [0.29, 0.717) is 5.54 Å². The summed E-state index contributed by atoms with van der Waals surface area (Å²) in [4.78, 5) is 0. The zero-order valence-corrected chi connectivity index (χ0v) is 14.2. The molecule has 0 spiro atoms. The van der Waals surface area contributed by atoms with Crippen molar-refractivity contribution in [2.24, 2.45) is 0 Å². The van der Waals surface area contributed by atoms with Crippen LogP contribution in [0.5, 0.6) is 0 Å². The van der Waals surface area contributed by atoms with Crippen LogP contribution >= 0.6 is 0 Å². The maximum Gasteiger partial charge on any atom is 0.128 e. The molecule has 1 unspecified atom stereocenters. The maximum atomic E-state index is 2.38. The van der Waals surface area contributed by atoms with E-state index in [0.717, 1.165) is 0 Å². The minimum Gasteiger partial charge on any atom is -0.0628 e. The van der Waals surface area contributed by atoms with Gasteiger partial charge in [0.25, 0.3) is 0 Å². The molecule has 3 aromatic rings. The van der Waals surface area contributed by atoms with Crippen LogP contribution in [0.2, 0.25) is 0 Å². The second kappa shape index (κ2) is 6.76. The summed E-state index contributed by atoms with van der Waals surface area (Å²) in [5.41, 5.74) is 3.32. The van der Waals surface area contributed by atoms with Crippen molar-refractivity contribution in [1.82, 2.24) is 0 Å². The van der Waals surface area contributed by atoms with Crippen molar-refractivity contribution in [2.75, 3.05) is 0 Å². The van der Waals surface area contributed by atoms with Crippen LogP contribution in [0.25, 0.3) is 0 Å². The fourth-order valence-corrected chi connectivity index (χ4v) is 5.96. The van der Waals surface area contributed by atoms with Gasteiger partial charge in [-0.3, -0.25) is 0 Å². The molecular weight excluding hydrogens is 280 g/mol. The van der Waals surface area contributed by atoms with E-state index < -0.39 is 8.80 Å². The van der Waals surface area contributed by atoms with Crippen molar-refractivity contribution in [1.29, 1.82) is 0 Å². The van der Waals surface area contributed by atoms with Gasteiger partial charge in [-0.05, 0) is 18.0 Å². The monoisotopic (exact) mass is 301 g/mol. The Morgan fingerprint density at radius 1 is 0.682 bits per heavy atom. The van der Waals surface area contributed by atoms with E-state index in [9.17, 15) is 0 Å². The van der Waals surface area contributed by atoms with Crippen molar-refractivity contribution in [3.05, 3.63) is 96.1 Å². The Hall–Kier alpha value is -2.12. The van der Waals surface area contributed by atoms with Crippen LogP contribution < -0.4 is 10.4 Å². The van der Waals surface area contributed by atoms with Gasteiger partial charge in [-0.2, -0.15) is 0 Å². The molecule has 1 radical (unpaired) electrons. The minimum absolute atomic E-state index is 0.537. The van der Waals surface area contributed by atoms with Crippen LogP contribution in [0, 0.1) is 6.92 Å². The molecular formula is C21H21Si. The van der Waals surface area contributed by atoms with Gasteiger partial charge < -0.3 is 0 Å². The Morgan fingerprint density at radius 3 is 1.73 bits per heavy atom. The minimum atomic E-state index is -0.846. The van der Waals surface area contributed by atoms with Gasteiger partial charge in [0, 0.05) is 0 Å². The van der Waals surface area contributed by atoms with Gasteiger partial charge in [0.15, 0.2) is 0 Å². The quantitative estimate of drug-likeness (QED) is 0.640. The largest absolute Gasteiger partial charge is 0.128 e. The summed E-state index contributed by atoms with van der Waals surface area (Å²) in [6.07, 6.45) is 0. The SMILES string of the molecule is Cc1cccc(C(C)[Si](c2ccccc2)c2ccccc2)c1. The standard InChI is InChI=1S/C21H21Si/c1-17-10-9-11-19(16-17)18(2)22(20-12-5-3-6-13-20)21-14-7-4-8-15-21/h3-16,18H,1-2H3. The van der Waals surface area contributed by atoms with Crippen molar-refractivity contribution < 1.29 is 0 Å². The molecule has 0 N–H and O–H groups in total. The molecule has 0 bridgehead atoms. The van der Waals surface area contributed by atoms with E-state index in [2.05, 4.69) is 98.8 Å². The molecule has 0 fully saturated rings. The lowest BCUT2D eigenvalue weighted by Crippen LogP contribution is -2.46. The average Bonchev–Trinajstić information content (AvgIpc) is 2.57. The third-order valence-electron chi connectivity index (χ3n) is 4.14. The number of benzene rings is 3. The predicted molar refractivity (Wildman–Crippen MR) is 97.5 cm³/mol. The van der Waals surface area contributed by atoms with E-state index in [1.165, 1.54) is 21.5 Å². The van der Waals surface area contributed by atoms with Crippen molar-refractivity contribution in [3.8, 4) is 0 Å². The fourth-order valence-electron chi connectivity index (χ4n) is 3.01. The lowest BCUT2D eigenvalue weighted by molar-refractivity contribution is 1.05. The van der Waals surface area contributed by atoms with E-state index in [-0.39, 0.29) is 0 Å². The third-order valence-corrected chi connectivity index (χ3v) is 7.25. The summed E-state index contributed by atoms with van der Waals surface area (Å²) in [6.45, 7) is 4.55. The molecule has 1 heteroatoms. The molecule has 0 saturated carbocycles. The van der Waals surface area contributed by atoms with Crippen LogP contribution in [0.1, 0.15) is 23.6 Å². The number of hydrogen-bond acceptors (Lipinski definition) is 0. The molecule has 0 heterocycles. The zero-order chi connectivity index (χ0) is 15.4. The van der Waals surface area contributed by atoms with Gasteiger partial charge in [-0.25, -0.2) is 0 Å². The van der Waals surface area contributed by atoms with Gasteiger partial charge in [-0.15, -0.1) is 0 Å². The lowest BCUT2D eigenvalue weighted by Gasteiger charge is -2.24. The van der Waals surface area contributed by atoms with E-state index in [1.54, 1.807) is 0 Å². The molecule has 0 aliphatic heterocycles. The first-order valence-corrected chi connectivity index (χ1v) is 9.37. The highest BCUT2D eigenvalue weighted by molar-refractivity contribution is 6.86. The maximum absolute atomic E-state index is 2.38. The Bertz CT molecular complexity index is 680. The molecule has 0 amide bonds. The molecule has 0 aromatic heterocycles. The zero-order valence-electron chi connectivity index (χ0n) is 13.2. The van der Waals surface area contributed by atoms with E-state index >= 15 is 0 Å². The van der Waals surface area contributed by atoms with Gasteiger partial charge in [0.05, 0.1) is 0 Å². The molecule has 0 nitrogen and oxygen atoms in total. The number of aryl methyl sites for hydroxylation is 1. The van der Waals surface area contributed by atoms with Crippen LogP contribution in [0.3, 0.4) is 0 Å². The first kappa shape index (κ1) is 14.8. The Kier molecular flexibility index (Phi) is 4.55. The third kappa shape index (κ3) is 3.20. The second-order valence-electron chi connectivity index (χ2n) is 5.78. The summed E-state index contributed by atoms with van der Waals surface area (Å²) < 4.78 is 0. The van der Waals surface area contributed by atoms with Crippen molar-refractivity contribution in [2.45, 2.75) is 19.4 Å². The normalized spacial score (nSPS) is 12.3. The molecule has 0 aliphatic carbocycles. The Morgan fingerprint density at radius 2 is 1.23 bits per heavy atom. The van der Waals surface area contributed by atoms with Gasteiger partial charge in [0.1, 0.15) is 8.80 Å². The van der Waals surface area contributed by atoms with E-state index in [1.807, 2.05) is 0 Å². The smallest absolute Gasteiger partial charge is 0.0628 e. The molecule has 1 atom stereocenters. The summed E-state index contributed by atoms with van der Waals surface area (Å²) >= 11 is 0. The van der Waals surface area contributed by atoms with Crippen molar-refractivity contribution >= 4 is 19.2 Å². The molecule has 3 rings (SSSR count). The Labute approximate surface area is 135 Å². The highest BCUT2D eigenvalue weighted by Gasteiger charge is 2.25. The molecule has 0 aliphatic rings. The second-order valence-corrected chi connectivity index (χ2v) is 8.63. The first-order chi connectivity index (χ1) is 10.8. The van der Waals surface area contributed by atoms with Crippen LogP contribution in [0.4, 0.5) is 0 Å². The fraction of sp³-hybridized carbons (Fsp3) is 0.143. The summed E-state index contributed by atoms with van der Waals surface area (Å²) in [6, 6.07) is 30.9. The van der Waals surface area contributed by atoms with Crippen LogP contribution in [-0.4, -0.2) is 8.80 Å². The topological polar surface area (TPSA) is 0 Å².